The minimum Gasteiger partial charge on any atom is -0.493 e. The van der Waals surface area contributed by atoms with E-state index in [1.165, 1.54) is 6.21 Å². The lowest BCUT2D eigenvalue weighted by Gasteiger charge is -2.15. The average molecular weight is 391 g/mol. The fourth-order valence-corrected chi connectivity index (χ4v) is 2.58. The van der Waals surface area contributed by atoms with Gasteiger partial charge in [-0.2, -0.15) is 5.10 Å². The van der Waals surface area contributed by atoms with Gasteiger partial charge in [-0.3, -0.25) is 9.78 Å². The first-order valence-corrected chi connectivity index (χ1v) is 8.87. The van der Waals surface area contributed by atoms with Crippen molar-refractivity contribution in [2.75, 3.05) is 14.2 Å². The van der Waals surface area contributed by atoms with Gasteiger partial charge in [-0.15, -0.1) is 0 Å². The highest BCUT2D eigenvalue weighted by Crippen LogP contribution is 2.38. The van der Waals surface area contributed by atoms with Gasteiger partial charge >= 0.3 is 0 Å². The average Bonchev–Trinajstić information content (AvgIpc) is 2.78. The molecule has 0 atom stereocenters. The van der Waals surface area contributed by atoms with E-state index in [-0.39, 0.29) is 5.91 Å². The number of nitrogens with one attached hydrogen (secondary N) is 1. The molecule has 1 aromatic heterocycles. The van der Waals surface area contributed by atoms with Gasteiger partial charge in [-0.05, 0) is 29.8 Å². The number of aromatic nitrogens is 1. The minimum atomic E-state index is -0.328. The van der Waals surface area contributed by atoms with Crippen molar-refractivity contribution in [2.45, 2.75) is 6.61 Å². The lowest BCUT2D eigenvalue weighted by molar-refractivity contribution is 0.0955. The molecule has 0 bridgehead atoms. The molecule has 3 aromatic rings. The molecule has 0 radical (unpaired) electrons. The Bertz CT molecular complexity index is 951. The van der Waals surface area contributed by atoms with Gasteiger partial charge in [0.2, 0.25) is 5.75 Å². The zero-order valence-corrected chi connectivity index (χ0v) is 16.2. The molecule has 0 fully saturated rings. The van der Waals surface area contributed by atoms with E-state index in [0.29, 0.717) is 35.0 Å². The van der Waals surface area contributed by atoms with Crippen LogP contribution in [-0.4, -0.2) is 31.3 Å². The van der Waals surface area contributed by atoms with Crippen molar-refractivity contribution in [3.8, 4) is 17.2 Å². The maximum atomic E-state index is 12.0. The van der Waals surface area contributed by atoms with Crippen molar-refractivity contribution in [1.82, 2.24) is 10.4 Å². The van der Waals surface area contributed by atoms with Gasteiger partial charge in [0.25, 0.3) is 5.91 Å². The second-order valence-corrected chi connectivity index (χ2v) is 5.96. The highest BCUT2D eigenvalue weighted by Gasteiger charge is 2.14. The number of pyridine rings is 1. The quantitative estimate of drug-likeness (QED) is 0.470. The Labute approximate surface area is 169 Å². The first-order valence-electron chi connectivity index (χ1n) is 8.87. The van der Waals surface area contributed by atoms with Crippen LogP contribution in [0.25, 0.3) is 0 Å². The van der Waals surface area contributed by atoms with Crippen LogP contribution in [0.3, 0.4) is 0 Å². The Hall–Kier alpha value is -3.87. The minimum absolute atomic E-state index is 0.328. The molecule has 0 saturated heterocycles. The van der Waals surface area contributed by atoms with Crippen LogP contribution in [0.15, 0.2) is 72.1 Å². The molecule has 1 heterocycles. The van der Waals surface area contributed by atoms with Crippen LogP contribution in [0.4, 0.5) is 0 Å². The monoisotopic (exact) mass is 391 g/mol. The normalized spacial score (nSPS) is 10.6. The summed E-state index contributed by atoms with van der Waals surface area (Å²) in [6.07, 6.45) is 4.59. The van der Waals surface area contributed by atoms with Gasteiger partial charge in [0.05, 0.1) is 20.4 Å². The third-order valence-corrected chi connectivity index (χ3v) is 4.03. The number of methoxy groups -OCH3 is 2. The van der Waals surface area contributed by atoms with Gasteiger partial charge < -0.3 is 14.2 Å². The highest BCUT2D eigenvalue weighted by molar-refractivity contribution is 5.94. The van der Waals surface area contributed by atoms with Crippen molar-refractivity contribution in [2.24, 2.45) is 5.10 Å². The smallest absolute Gasteiger partial charge is 0.271 e. The number of carbonyl (C=O) groups is 1. The Morgan fingerprint density at radius 1 is 1.03 bits per heavy atom. The molecule has 7 nitrogen and oxygen atoms in total. The number of rotatable bonds is 8. The summed E-state index contributed by atoms with van der Waals surface area (Å²) in [5, 5.41) is 4.00. The van der Waals surface area contributed by atoms with Crippen molar-refractivity contribution in [1.29, 1.82) is 0 Å². The molecule has 148 valence electrons. The van der Waals surface area contributed by atoms with Gasteiger partial charge in [0.1, 0.15) is 6.61 Å². The predicted octanol–water partition coefficient (Wildman–Crippen LogP) is 3.44. The molecular weight excluding hydrogens is 370 g/mol. The van der Waals surface area contributed by atoms with Gasteiger partial charge in [0.15, 0.2) is 11.5 Å². The maximum Gasteiger partial charge on any atom is 0.271 e. The molecule has 0 aliphatic carbocycles. The van der Waals surface area contributed by atoms with Gasteiger partial charge in [-0.1, -0.05) is 30.3 Å². The van der Waals surface area contributed by atoms with Crippen LogP contribution < -0.4 is 19.6 Å². The van der Waals surface area contributed by atoms with Gasteiger partial charge in [0, 0.05) is 23.5 Å². The second kappa shape index (κ2) is 9.89. The molecule has 0 saturated carbocycles. The first kappa shape index (κ1) is 19.9. The molecule has 0 aliphatic rings. The summed E-state index contributed by atoms with van der Waals surface area (Å²) in [6, 6.07) is 16.5. The third-order valence-electron chi connectivity index (χ3n) is 4.03. The Balaban J connectivity index is 1.74. The zero-order chi connectivity index (χ0) is 20.5. The van der Waals surface area contributed by atoms with E-state index in [0.717, 1.165) is 5.56 Å². The number of hydrogen-bond donors (Lipinski definition) is 1. The van der Waals surface area contributed by atoms with E-state index >= 15 is 0 Å². The largest absolute Gasteiger partial charge is 0.493 e. The number of hydrazone groups is 1. The fourth-order valence-electron chi connectivity index (χ4n) is 2.58. The number of hydrogen-bond acceptors (Lipinski definition) is 6. The summed E-state index contributed by atoms with van der Waals surface area (Å²) in [6.45, 7) is 0.378. The number of nitrogens with zero attached hydrogens (tertiary/aromatic N) is 2. The molecule has 0 unspecified atom stereocenters. The predicted molar refractivity (Wildman–Crippen MR) is 110 cm³/mol. The second-order valence-electron chi connectivity index (χ2n) is 5.96. The first-order chi connectivity index (χ1) is 14.2. The fraction of sp³-hybridized carbons (Fsp3) is 0.136. The van der Waals surface area contributed by atoms with E-state index < -0.39 is 0 Å². The highest BCUT2D eigenvalue weighted by atomic mass is 16.5. The van der Waals surface area contributed by atoms with E-state index in [1.54, 1.807) is 50.9 Å². The van der Waals surface area contributed by atoms with Crippen LogP contribution >= 0.6 is 0 Å². The number of benzene rings is 2. The number of carbonyl (C=O) groups excluding carboxylic acids is 1. The van der Waals surface area contributed by atoms with Crippen LogP contribution in [0, 0.1) is 0 Å². The number of ether oxygens (including phenoxy) is 3. The van der Waals surface area contributed by atoms with E-state index in [9.17, 15) is 4.79 Å². The van der Waals surface area contributed by atoms with E-state index in [1.807, 2.05) is 30.3 Å². The van der Waals surface area contributed by atoms with Crippen molar-refractivity contribution in [3.05, 3.63) is 83.7 Å². The lowest BCUT2D eigenvalue weighted by atomic mass is 10.2. The van der Waals surface area contributed by atoms with E-state index in [4.69, 9.17) is 14.2 Å². The van der Waals surface area contributed by atoms with Crippen LogP contribution in [0.5, 0.6) is 17.2 Å². The van der Waals surface area contributed by atoms with Crippen molar-refractivity contribution >= 4 is 12.1 Å². The molecule has 0 spiro atoms. The Morgan fingerprint density at radius 3 is 2.31 bits per heavy atom. The van der Waals surface area contributed by atoms with Crippen LogP contribution in [0.2, 0.25) is 0 Å². The molecule has 3 rings (SSSR count). The molecule has 29 heavy (non-hydrogen) atoms. The summed E-state index contributed by atoms with van der Waals surface area (Å²) in [7, 11) is 3.10. The number of amides is 1. The topological polar surface area (TPSA) is 82.0 Å². The van der Waals surface area contributed by atoms with Crippen LogP contribution in [-0.2, 0) is 6.61 Å². The molecular formula is C22H21N3O4. The standard InChI is InChI=1S/C22H21N3O4/c1-27-19-12-17(14-24-25-22(26)18-8-10-23-11-9-18)13-20(28-2)21(19)29-15-16-6-4-3-5-7-16/h3-14H,15H2,1-2H3,(H,25,26)/b24-14-. The lowest BCUT2D eigenvalue weighted by Crippen LogP contribution is -2.17. The molecule has 2 aromatic carbocycles. The van der Waals surface area contributed by atoms with Gasteiger partial charge in [-0.25, -0.2) is 5.43 Å². The SMILES string of the molecule is COc1cc(/C=N\NC(=O)c2ccncc2)cc(OC)c1OCc1ccccc1. The van der Waals surface area contributed by atoms with Crippen molar-refractivity contribution in [3.63, 3.8) is 0 Å². The zero-order valence-electron chi connectivity index (χ0n) is 16.2. The molecule has 1 N–H and O–H groups in total. The third kappa shape index (κ3) is 5.32. The molecule has 7 heteroatoms. The summed E-state index contributed by atoms with van der Waals surface area (Å²) in [5.74, 6) is 1.17. The van der Waals surface area contributed by atoms with Crippen LogP contribution in [0.1, 0.15) is 21.5 Å². The molecule has 1 amide bonds. The Kier molecular flexibility index (Phi) is 6.78. The summed E-state index contributed by atoms with van der Waals surface area (Å²) < 4.78 is 16.8. The maximum absolute atomic E-state index is 12.0. The summed E-state index contributed by atoms with van der Waals surface area (Å²) >= 11 is 0. The van der Waals surface area contributed by atoms with E-state index in [2.05, 4.69) is 15.5 Å². The molecule has 0 aliphatic heterocycles. The summed E-state index contributed by atoms with van der Waals surface area (Å²) in [5.41, 5.74) is 4.65. The van der Waals surface area contributed by atoms with Crippen molar-refractivity contribution < 1.29 is 19.0 Å². The Morgan fingerprint density at radius 2 is 1.69 bits per heavy atom. The summed E-state index contributed by atoms with van der Waals surface area (Å²) in [4.78, 5) is 15.9.